The van der Waals surface area contributed by atoms with E-state index in [1.54, 1.807) is 0 Å². The number of hydrogen-bond donors (Lipinski definition) is 0. The molecule has 1 aliphatic rings. The van der Waals surface area contributed by atoms with Gasteiger partial charge < -0.3 is 9.64 Å². The fourth-order valence-corrected chi connectivity index (χ4v) is 2.04. The van der Waals surface area contributed by atoms with Gasteiger partial charge in [0.15, 0.2) is 0 Å². The first-order chi connectivity index (χ1) is 8.15. The maximum Gasteiger partial charge on any atom is 0.410 e. The third-order valence-corrected chi connectivity index (χ3v) is 3.65. The smallest absolute Gasteiger partial charge is 0.410 e. The molecule has 0 saturated carbocycles. The average Bonchev–Trinajstić information content (AvgIpc) is 2.27. The Morgan fingerprint density at radius 3 is 1.94 bits per heavy atom. The first-order valence-electron chi connectivity index (χ1n) is 6.89. The normalized spacial score (nSPS) is 18.9. The molecule has 0 aromatic heterocycles. The molecule has 4 heteroatoms. The predicted octanol–water partition coefficient (Wildman–Crippen LogP) is 2.73. The van der Waals surface area contributed by atoms with E-state index in [2.05, 4.69) is 25.7 Å². The lowest BCUT2D eigenvalue weighted by atomic mass is 9.98. The minimum Gasteiger partial charge on any atom is -0.444 e. The number of carbonyl (C=O) groups is 1. The summed E-state index contributed by atoms with van der Waals surface area (Å²) in [4.78, 5) is 16.2. The van der Waals surface area contributed by atoms with Crippen molar-refractivity contribution in [1.82, 2.24) is 9.80 Å². The van der Waals surface area contributed by atoms with Crippen LogP contribution in [0.15, 0.2) is 0 Å². The van der Waals surface area contributed by atoms with Gasteiger partial charge in [0.05, 0.1) is 0 Å². The number of piperazine rings is 1. The van der Waals surface area contributed by atoms with Gasteiger partial charge in [0.25, 0.3) is 0 Å². The van der Waals surface area contributed by atoms with Crippen molar-refractivity contribution in [2.75, 3.05) is 26.2 Å². The van der Waals surface area contributed by atoms with Crippen molar-refractivity contribution in [2.24, 2.45) is 0 Å². The molecule has 0 N–H and O–H groups in total. The van der Waals surface area contributed by atoms with Crippen molar-refractivity contribution in [1.29, 1.82) is 0 Å². The summed E-state index contributed by atoms with van der Waals surface area (Å²) in [6, 6.07) is 0. The molecule has 106 valence electrons. The first-order valence-corrected chi connectivity index (χ1v) is 6.89. The molecule has 0 radical (unpaired) electrons. The lowest BCUT2D eigenvalue weighted by Crippen LogP contribution is -2.56. The van der Waals surface area contributed by atoms with Crippen molar-refractivity contribution in [2.45, 2.75) is 59.1 Å². The van der Waals surface area contributed by atoms with Crippen LogP contribution in [-0.4, -0.2) is 53.2 Å². The second-order valence-corrected chi connectivity index (χ2v) is 6.62. The summed E-state index contributed by atoms with van der Waals surface area (Å²) in [7, 11) is 0. The molecular weight excluding hydrogens is 228 g/mol. The van der Waals surface area contributed by atoms with Crippen LogP contribution in [0.2, 0.25) is 0 Å². The fraction of sp³-hybridized carbons (Fsp3) is 0.929. The number of rotatable bonds is 2. The summed E-state index contributed by atoms with van der Waals surface area (Å²) in [5, 5.41) is 0. The molecule has 1 fully saturated rings. The minimum absolute atomic E-state index is 0.184. The highest BCUT2D eigenvalue weighted by atomic mass is 16.6. The number of amides is 1. The maximum absolute atomic E-state index is 11.9. The molecule has 0 aromatic rings. The van der Waals surface area contributed by atoms with Crippen molar-refractivity contribution >= 4 is 6.09 Å². The Labute approximate surface area is 111 Å². The van der Waals surface area contributed by atoms with Crippen LogP contribution < -0.4 is 0 Å². The molecule has 0 bridgehead atoms. The standard InChI is InChI=1S/C14H28N2O2/c1-7-14(5,6)16-10-8-15(9-11-16)12(17)18-13(2,3)4/h7-11H2,1-6H3. The third kappa shape index (κ3) is 4.16. The van der Waals surface area contributed by atoms with Crippen LogP contribution in [0.1, 0.15) is 48.0 Å². The van der Waals surface area contributed by atoms with Gasteiger partial charge in [-0.1, -0.05) is 6.92 Å². The van der Waals surface area contributed by atoms with Crippen LogP contribution in [-0.2, 0) is 4.74 Å². The van der Waals surface area contributed by atoms with Gasteiger partial charge in [0, 0.05) is 31.7 Å². The van der Waals surface area contributed by atoms with E-state index in [0.29, 0.717) is 0 Å². The second kappa shape index (κ2) is 5.47. The molecule has 0 aliphatic carbocycles. The summed E-state index contributed by atoms with van der Waals surface area (Å²) in [5.74, 6) is 0. The largest absolute Gasteiger partial charge is 0.444 e. The molecule has 0 aromatic carbocycles. The lowest BCUT2D eigenvalue weighted by Gasteiger charge is -2.43. The highest BCUT2D eigenvalue weighted by Gasteiger charge is 2.31. The molecule has 1 amide bonds. The monoisotopic (exact) mass is 256 g/mol. The number of hydrogen-bond acceptors (Lipinski definition) is 3. The average molecular weight is 256 g/mol. The van der Waals surface area contributed by atoms with E-state index >= 15 is 0 Å². The molecule has 0 atom stereocenters. The predicted molar refractivity (Wildman–Crippen MR) is 73.8 cm³/mol. The van der Waals surface area contributed by atoms with E-state index in [4.69, 9.17) is 4.74 Å². The van der Waals surface area contributed by atoms with E-state index in [9.17, 15) is 4.79 Å². The molecule has 0 spiro atoms. The Balaban J connectivity index is 2.47. The van der Waals surface area contributed by atoms with Crippen molar-refractivity contribution in [3.63, 3.8) is 0 Å². The molecule has 1 heterocycles. The topological polar surface area (TPSA) is 32.8 Å². The van der Waals surface area contributed by atoms with Gasteiger partial charge in [0.1, 0.15) is 5.60 Å². The van der Waals surface area contributed by atoms with Crippen LogP contribution in [0.25, 0.3) is 0 Å². The first kappa shape index (κ1) is 15.3. The van der Waals surface area contributed by atoms with Gasteiger partial charge in [0.2, 0.25) is 0 Å². The molecule has 1 saturated heterocycles. The zero-order valence-corrected chi connectivity index (χ0v) is 12.7. The summed E-state index contributed by atoms with van der Waals surface area (Å²) in [6.45, 7) is 15.8. The minimum atomic E-state index is -0.406. The number of nitrogens with zero attached hydrogens (tertiary/aromatic N) is 2. The molecule has 0 unspecified atom stereocenters. The zero-order chi connectivity index (χ0) is 14.0. The van der Waals surface area contributed by atoms with E-state index in [0.717, 1.165) is 32.6 Å². The van der Waals surface area contributed by atoms with Gasteiger partial charge in [-0.05, 0) is 41.0 Å². The Morgan fingerprint density at radius 1 is 1.06 bits per heavy atom. The van der Waals surface area contributed by atoms with Crippen molar-refractivity contribution in [3.8, 4) is 0 Å². The Kier molecular flexibility index (Phi) is 4.65. The Hall–Kier alpha value is -0.770. The summed E-state index contributed by atoms with van der Waals surface area (Å²) in [5.41, 5.74) is -0.184. The molecule has 1 aliphatic heterocycles. The summed E-state index contributed by atoms with van der Waals surface area (Å²) < 4.78 is 5.39. The van der Waals surface area contributed by atoms with Crippen LogP contribution in [0.4, 0.5) is 4.79 Å². The van der Waals surface area contributed by atoms with Crippen LogP contribution >= 0.6 is 0 Å². The SMILES string of the molecule is CCC(C)(C)N1CCN(C(=O)OC(C)(C)C)CC1. The second-order valence-electron chi connectivity index (χ2n) is 6.62. The quantitative estimate of drug-likeness (QED) is 0.761. The van der Waals surface area contributed by atoms with Gasteiger partial charge in [-0.15, -0.1) is 0 Å². The maximum atomic E-state index is 11.9. The van der Waals surface area contributed by atoms with Crippen molar-refractivity contribution in [3.05, 3.63) is 0 Å². The van der Waals surface area contributed by atoms with Gasteiger partial charge in [-0.3, -0.25) is 4.90 Å². The zero-order valence-electron chi connectivity index (χ0n) is 12.7. The van der Waals surface area contributed by atoms with Crippen molar-refractivity contribution < 1.29 is 9.53 Å². The fourth-order valence-electron chi connectivity index (χ4n) is 2.04. The van der Waals surface area contributed by atoms with Gasteiger partial charge in [-0.2, -0.15) is 0 Å². The van der Waals surface area contributed by atoms with Gasteiger partial charge in [-0.25, -0.2) is 4.79 Å². The van der Waals surface area contributed by atoms with Crippen LogP contribution in [0.3, 0.4) is 0 Å². The van der Waals surface area contributed by atoms with Gasteiger partial charge >= 0.3 is 6.09 Å². The summed E-state index contributed by atoms with van der Waals surface area (Å²) >= 11 is 0. The van der Waals surface area contributed by atoms with E-state index in [1.165, 1.54) is 0 Å². The lowest BCUT2D eigenvalue weighted by molar-refractivity contribution is 0.00142. The molecule has 4 nitrogen and oxygen atoms in total. The molecule has 18 heavy (non-hydrogen) atoms. The third-order valence-electron chi connectivity index (χ3n) is 3.65. The number of carbonyl (C=O) groups excluding carboxylic acids is 1. The van der Waals surface area contributed by atoms with E-state index in [1.807, 2.05) is 25.7 Å². The Morgan fingerprint density at radius 2 is 1.56 bits per heavy atom. The van der Waals surface area contributed by atoms with E-state index < -0.39 is 5.60 Å². The molecule has 1 rings (SSSR count). The van der Waals surface area contributed by atoms with E-state index in [-0.39, 0.29) is 11.6 Å². The molecular formula is C14H28N2O2. The number of ether oxygens (including phenoxy) is 1. The van der Waals surface area contributed by atoms with Crippen LogP contribution in [0, 0.1) is 0 Å². The summed E-state index contributed by atoms with van der Waals surface area (Å²) in [6.07, 6.45) is 0.941. The van der Waals surface area contributed by atoms with Crippen LogP contribution in [0.5, 0.6) is 0 Å². The highest BCUT2D eigenvalue weighted by Crippen LogP contribution is 2.21. The highest BCUT2D eigenvalue weighted by molar-refractivity contribution is 5.68. The Bertz CT molecular complexity index is 287.